The van der Waals surface area contributed by atoms with Crippen molar-refractivity contribution in [3.8, 4) is 0 Å². The van der Waals surface area contributed by atoms with Crippen molar-refractivity contribution >= 4 is 40.3 Å². The number of carboxylic acids is 1. The molecule has 0 unspecified atom stereocenters. The summed E-state index contributed by atoms with van der Waals surface area (Å²) in [4.78, 5) is 24.5. The Kier molecular flexibility index (Phi) is 4.62. The predicted octanol–water partition coefficient (Wildman–Crippen LogP) is 2.62. The molecule has 2 amide bonds. The van der Waals surface area contributed by atoms with E-state index in [2.05, 4.69) is 27.9 Å². The molecule has 1 aliphatic rings. The maximum absolute atomic E-state index is 12.0. The highest BCUT2D eigenvalue weighted by Crippen LogP contribution is 2.19. The Balaban J connectivity index is 1.90. The minimum absolute atomic E-state index is 0.161. The van der Waals surface area contributed by atoms with E-state index in [-0.39, 0.29) is 11.9 Å². The van der Waals surface area contributed by atoms with Crippen LogP contribution in [-0.2, 0) is 4.79 Å². The van der Waals surface area contributed by atoms with Gasteiger partial charge in [0, 0.05) is 22.3 Å². The molecule has 0 aromatic heterocycles. The lowest BCUT2D eigenvalue weighted by Crippen LogP contribution is -2.42. The van der Waals surface area contributed by atoms with Crippen LogP contribution in [0, 0.1) is 9.49 Å². The fourth-order valence-corrected chi connectivity index (χ4v) is 2.64. The first-order valence-corrected chi connectivity index (χ1v) is 7.18. The van der Waals surface area contributed by atoms with Gasteiger partial charge in [0.05, 0.1) is 5.92 Å². The molecular formula is C13H15IN2O3. The number of urea groups is 1. The van der Waals surface area contributed by atoms with Gasteiger partial charge >= 0.3 is 12.0 Å². The summed E-state index contributed by atoms with van der Waals surface area (Å²) in [6.45, 7) is 0.986. The molecule has 1 saturated heterocycles. The maximum atomic E-state index is 12.0. The zero-order valence-corrected chi connectivity index (χ0v) is 12.5. The second-order valence-corrected chi connectivity index (χ2v) is 5.79. The van der Waals surface area contributed by atoms with E-state index in [0.29, 0.717) is 25.9 Å². The molecule has 2 N–H and O–H groups in total. The number of piperidine rings is 1. The summed E-state index contributed by atoms with van der Waals surface area (Å²) in [6.07, 6.45) is 1.05. The number of hydrogen-bond acceptors (Lipinski definition) is 2. The zero-order valence-electron chi connectivity index (χ0n) is 10.3. The fourth-order valence-electron chi connectivity index (χ4n) is 2.10. The lowest BCUT2D eigenvalue weighted by Gasteiger charge is -2.30. The van der Waals surface area contributed by atoms with E-state index < -0.39 is 5.97 Å². The number of rotatable bonds is 2. The highest BCUT2D eigenvalue weighted by Gasteiger charge is 2.26. The monoisotopic (exact) mass is 374 g/mol. The number of amides is 2. The molecule has 0 saturated carbocycles. The molecule has 5 nitrogen and oxygen atoms in total. The number of carbonyl (C=O) groups excluding carboxylic acids is 1. The van der Waals surface area contributed by atoms with E-state index in [1.54, 1.807) is 4.90 Å². The van der Waals surface area contributed by atoms with Crippen molar-refractivity contribution in [2.45, 2.75) is 12.8 Å². The fraction of sp³-hybridized carbons (Fsp3) is 0.385. The van der Waals surface area contributed by atoms with Crippen LogP contribution >= 0.6 is 22.6 Å². The van der Waals surface area contributed by atoms with Crippen molar-refractivity contribution in [1.29, 1.82) is 0 Å². The Morgan fingerprint density at radius 2 is 2.00 bits per heavy atom. The van der Waals surface area contributed by atoms with Crippen molar-refractivity contribution in [2.75, 3.05) is 18.4 Å². The number of hydrogen-bond donors (Lipinski definition) is 2. The van der Waals surface area contributed by atoms with Crippen LogP contribution in [0.3, 0.4) is 0 Å². The van der Waals surface area contributed by atoms with Crippen LogP contribution < -0.4 is 5.32 Å². The summed E-state index contributed by atoms with van der Waals surface area (Å²) in [5.41, 5.74) is 0.761. The highest BCUT2D eigenvalue weighted by molar-refractivity contribution is 14.1. The highest BCUT2D eigenvalue weighted by atomic mass is 127. The molecule has 6 heteroatoms. The van der Waals surface area contributed by atoms with Gasteiger partial charge in [-0.2, -0.15) is 0 Å². The maximum Gasteiger partial charge on any atom is 0.321 e. The molecule has 0 aliphatic carbocycles. The average Bonchev–Trinajstić information content (AvgIpc) is 2.39. The van der Waals surface area contributed by atoms with Crippen LogP contribution in [0.5, 0.6) is 0 Å². The Labute approximate surface area is 125 Å². The Hall–Kier alpha value is -1.31. The van der Waals surface area contributed by atoms with Crippen molar-refractivity contribution in [2.24, 2.45) is 5.92 Å². The third-order valence-electron chi connectivity index (χ3n) is 3.21. The van der Waals surface area contributed by atoms with Crippen LogP contribution in [0.2, 0.25) is 0 Å². The zero-order chi connectivity index (χ0) is 13.8. The molecule has 1 heterocycles. The molecule has 0 atom stereocenters. The number of nitrogens with one attached hydrogen (secondary N) is 1. The molecule has 1 aromatic rings. The third kappa shape index (κ3) is 3.82. The van der Waals surface area contributed by atoms with E-state index in [0.717, 1.165) is 9.26 Å². The van der Waals surface area contributed by atoms with Gasteiger partial charge in [-0.1, -0.05) is 6.07 Å². The number of halogens is 1. The predicted molar refractivity (Wildman–Crippen MR) is 80.1 cm³/mol. The van der Waals surface area contributed by atoms with Crippen LogP contribution in [0.15, 0.2) is 24.3 Å². The topological polar surface area (TPSA) is 69.6 Å². The molecule has 0 bridgehead atoms. The van der Waals surface area contributed by atoms with Crippen molar-refractivity contribution in [1.82, 2.24) is 4.90 Å². The summed E-state index contributed by atoms with van der Waals surface area (Å²) in [5, 5.41) is 11.7. The van der Waals surface area contributed by atoms with E-state index >= 15 is 0 Å². The van der Waals surface area contributed by atoms with Gasteiger partial charge in [0.15, 0.2) is 0 Å². The second kappa shape index (κ2) is 6.23. The lowest BCUT2D eigenvalue weighted by atomic mass is 9.97. The quantitative estimate of drug-likeness (QED) is 0.782. The SMILES string of the molecule is O=C(O)C1CCN(C(=O)Nc2cccc(I)c2)CC1. The number of anilines is 1. The van der Waals surface area contributed by atoms with E-state index in [9.17, 15) is 9.59 Å². The molecule has 0 radical (unpaired) electrons. The van der Waals surface area contributed by atoms with Gasteiger partial charge in [-0.15, -0.1) is 0 Å². The number of likely N-dealkylation sites (tertiary alicyclic amines) is 1. The van der Waals surface area contributed by atoms with Crippen molar-refractivity contribution in [3.05, 3.63) is 27.8 Å². The van der Waals surface area contributed by atoms with E-state index in [1.807, 2.05) is 24.3 Å². The summed E-state index contributed by atoms with van der Waals surface area (Å²) in [7, 11) is 0. The van der Waals surface area contributed by atoms with Gasteiger partial charge in [-0.25, -0.2) is 4.79 Å². The molecule has 2 rings (SSSR count). The summed E-state index contributed by atoms with van der Waals surface area (Å²) in [6, 6.07) is 7.40. The third-order valence-corrected chi connectivity index (χ3v) is 3.88. The first-order valence-electron chi connectivity index (χ1n) is 6.10. The molecular weight excluding hydrogens is 359 g/mol. The number of carboxylic acid groups (broad SMARTS) is 1. The summed E-state index contributed by atoms with van der Waals surface area (Å²) in [5.74, 6) is -1.08. The van der Waals surface area contributed by atoms with Crippen LogP contribution in [0.25, 0.3) is 0 Å². The van der Waals surface area contributed by atoms with Gasteiger partial charge < -0.3 is 15.3 Å². The molecule has 19 heavy (non-hydrogen) atoms. The lowest BCUT2D eigenvalue weighted by molar-refractivity contribution is -0.143. The van der Waals surface area contributed by atoms with Gasteiger partial charge in [-0.05, 0) is 53.6 Å². The summed E-state index contributed by atoms with van der Waals surface area (Å²) >= 11 is 2.19. The van der Waals surface area contributed by atoms with Gasteiger partial charge in [0.25, 0.3) is 0 Å². The Morgan fingerprint density at radius 1 is 1.32 bits per heavy atom. The molecule has 102 valence electrons. The molecule has 1 aliphatic heterocycles. The van der Waals surface area contributed by atoms with E-state index in [4.69, 9.17) is 5.11 Å². The van der Waals surface area contributed by atoms with Crippen LogP contribution in [0.1, 0.15) is 12.8 Å². The number of benzene rings is 1. The molecule has 1 fully saturated rings. The second-order valence-electron chi connectivity index (χ2n) is 4.54. The largest absolute Gasteiger partial charge is 0.481 e. The Bertz CT molecular complexity index is 485. The average molecular weight is 374 g/mol. The first-order chi connectivity index (χ1) is 9.06. The smallest absolute Gasteiger partial charge is 0.321 e. The number of nitrogens with zero attached hydrogens (tertiary/aromatic N) is 1. The number of aliphatic carboxylic acids is 1. The first kappa shape index (κ1) is 14.1. The van der Waals surface area contributed by atoms with Crippen LogP contribution in [-0.4, -0.2) is 35.1 Å². The standard InChI is InChI=1S/C13H15IN2O3/c14-10-2-1-3-11(8-10)15-13(19)16-6-4-9(5-7-16)12(17)18/h1-3,8-9H,4-7H2,(H,15,19)(H,17,18). The molecule has 1 aromatic carbocycles. The normalized spacial score (nSPS) is 16.2. The molecule has 0 spiro atoms. The van der Waals surface area contributed by atoms with Crippen molar-refractivity contribution < 1.29 is 14.7 Å². The number of carbonyl (C=O) groups is 2. The minimum Gasteiger partial charge on any atom is -0.481 e. The van der Waals surface area contributed by atoms with Gasteiger partial charge in [0.1, 0.15) is 0 Å². The van der Waals surface area contributed by atoms with E-state index in [1.165, 1.54) is 0 Å². The van der Waals surface area contributed by atoms with Gasteiger partial charge in [0.2, 0.25) is 0 Å². The van der Waals surface area contributed by atoms with Crippen molar-refractivity contribution in [3.63, 3.8) is 0 Å². The minimum atomic E-state index is -0.766. The Morgan fingerprint density at radius 3 is 2.58 bits per heavy atom. The van der Waals surface area contributed by atoms with Gasteiger partial charge in [-0.3, -0.25) is 4.79 Å². The van der Waals surface area contributed by atoms with Crippen LogP contribution in [0.4, 0.5) is 10.5 Å². The summed E-state index contributed by atoms with van der Waals surface area (Å²) < 4.78 is 1.06.